The Morgan fingerprint density at radius 3 is 2.55 bits per heavy atom. The largest absolute Gasteiger partial charge is 0.370 e. The van der Waals surface area contributed by atoms with Gasteiger partial charge in [0.1, 0.15) is 17.5 Å². The van der Waals surface area contributed by atoms with Crippen LogP contribution in [0.5, 0.6) is 0 Å². The van der Waals surface area contributed by atoms with Crippen LogP contribution in [0.15, 0.2) is 22.9 Å². The van der Waals surface area contributed by atoms with Gasteiger partial charge in [-0.15, -0.1) is 0 Å². The molecular weight excluding hydrogens is 268 g/mol. The van der Waals surface area contributed by atoms with Gasteiger partial charge in [0, 0.05) is 25.6 Å². The molecule has 2 heterocycles. The van der Waals surface area contributed by atoms with Gasteiger partial charge in [0.05, 0.1) is 0 Å². The SMILES string of the molecule is CCCc1nc(NCC)cc(NCCc2ccsc2)n1. The number of anilines is 2. The molecule has 2 rings (SSSR count). The van der Waals surface area contributed by atoms with Gasteiger partial charge in [-0.05, 0) is 42.2 Å². The molecule has 0 aliphatic heterocycles. The van der Waals surface area contributed by atoms with Crippen LogP contribution in [-0.2, 0) is 12.8 Å². The lowest BCUT2D eigenvalue weighted by Gasteiger charge is -2.10. The molecule has 0 atom stereocenters. The van der Waals surface area contributed by atoms with Crippen LogP contribution >= 0.6 is 11.3 Å². The van der Waals surface area contributed by atoms with Gasteiger partial charge >= 0.3 is 0 Å². The van der Waals surface area contributed by atoms with Crippen LogP contribution in [-0.4, -0.2) is 23.1 Å². The van der Waals surface area contributed by atoms with Crippen LogP contribution in [0.4, 0.5) is 11.6 Å². The zero-order valence-corrected chi connectivity index (χ0v) is 13.0. The average Bonchev–Trinajstić information content (AvgIpc) is 2.92. The van der Waals surface area contributed by atoms with E-state index in [0.717, 1.165) is 49.8 Å². The Morgan fingerprint density at radius 2 is 1.90 bits per heavy atom. The molecule has 5 heteroatoms. The molecule has 0 aliphatic carbocycles. The first kappa shape index (κ1) is 14.8. The first-order valence-corrected chi connectivity index (χ1v) is 8.13. The van der Waals surface area contributed by atoms with E-state index in [1.165, 1.54) is 5.56 Å². The number of nitrogens with zero attached hydrogens (tertiary/aromatic N) is 2. The minimum atomic E-state index is 0.872. The molecule has 2 aromatic heterocycles. The fourth-order valence-corrected chi connectivity index (χ4v) is 2.67. The minimum absolute atomic E-state index is 0.872. The molecule has 2 N–H and O–H groups in total. The highest BCUT2D eigenvalue weighted by Crippen LogP contribution is 2.13. The molecule has 0 aromatic carbocycles. The van der Waals surface area contributed by atoms with E-state index in [9.17, 15) is 0 Å². The van der Waals surface area contributed by atoms with Crippen molar-refractivity contribution < 1.29 is 0 Å². The van der Waals surface area contributed by atoms with Crippen LogP contribution in [0.3, 0.4) is 0 Å². The Morgan fingerprint density at radius 1 is 1.10 bits per heavy atom. The van der Waals surface area contributed by atoms with Crippen molar-refractivity contribution in [3.8, 4) is 0 Å². The Bertz CT molecular complexity index is 486. The molecule has 2 aromatic rings. The summed E-state index contributed by atoms with van der Waals surface area (Å²) >= 11 is 1.74. The lowest BCUT2D eigenvalue weighted by molar-refractivity contribution is 0.833. The molecule has 20 heavy (non-hydrogen) atoms. The zero-order chi connectivity index (χ0) is 14.2. The molecule has 4 nitrogen and oxygen atoms in total. The number of nitrogens with one attached hydrogen (secondary N) is 2. The second kappa shape index (κ2) is 7.85. The first-order valence-electron chi connectivity index (χ1n) is 7.18. The van der Waals surface area contributed by atoms with Crippen LogP contribution in [0, 0.1) is 0 Å². The summed E-state index contributed by atoms with van der Waals surface area (Å²) in [6, 6.07) is 4.15. The topological polar surface area (TPSA) is 49.8 Å². The highest BCUT2D eigenvalue weighted by Gasteiger charge is 2.03. The van der Waals surface area contributed by atoms with Gasteiger partial charge in [0.15, 0.2) is 0 Å². The van der Waals surface area contributed by atoms with Gasteiger partial charge in [0.2, 0.25) is 0 Å². The normalized spacial score (nSPS) is 10.5. The van der Waals surface area contributed by atoms with Crippen molar-refractivity contribution >= 4 is 23.0 Å². The van der Waals surface area contributed by atoms with Gasteiger partial charge < -0.3 is 10.6 Å². The van der Waals surface area contributed by atoms with E-state index in [-0.39, 0.29) is 0 Å². The molecule has 0 amide bonds. The number of aryl methyl sites for hydroxylation is 1. The maximum absolute atomic E-state index is 4.56. The van der Waals surface area contributed by atoms with Gasteiger partial charge in [-0.3, -0.25) is 0 Å². The molecule has 0 radical (unpaired) electrons. The monoisotopic (exact) mass is 290 g/mol. The number of thiophene rings is 1. The fraction of sp³-hybridized carbons (Fsp3) is 0.467. The lowest BCUT2D eigenvalue weighted by atomic mass is 10.2. The fourth-order valence-electron chi connectivity index (χ4n) is 1.96. The third-order valence-electron chi connectivity index (χ3n) is 2.90. The Kier molecular flexibility index (Phi) is 5.80. The summed E-state index contributed by atoms with van der Waals surface area (Å²) in [5.41, 5.74) is 1.37. The lowest BCUT2D eigenvalue weighted by Crippen LogP contribution is -2.10. The van der Waals surface area contributed by atoms with Crippen molar-refractivity contribution in [1.82, 2.24) is 9.97 Å². The minimum Gasteiger partial charge on any atom is -0.370 e. The standard InChI is InChI=1S/C15H22N4S/c1-3-5-13-18-14(16-4-2)10-15(19-13)17-8-6-12-7-9-20-11-12/h7,9-11H,3-6,8H2,1-2H3,(H2,16,17,18,19). The molecule has 0 saturated heterocycles. The van der Waals surface area contributed by atoms with E-state index in [0.29, 0.717) is 0 Å². The van der Waals surface area contributed by atoms with Crippen LogP contribution < -0.4 is 10.6 Å². The highest BCUT2D eigenvalue weighted by molar-refractivity contribution is 7.07. The van der Waals surface area contributed by atoms with E-state index < -0.39 is 0 Å². The zero-order valence-electron chi connectivity index (χ0n) is 12.1. The van der Waals surface area contributed by atoms with Crippen molar-refractivity contribution in [2.45, 2.75) is 33.1 Å². The maximum atomic E-state index is 4.56. The number of aromatic nitrogens is 2. The van der Waals surface area contributed by atoms with E-state index >= 15 is 0 Å². The summed E-state index contributed by atoms with van der Waals surface area (Å²) in [5.74, 6) is 2.72. The van der Waals surface area contributed by atoms with E-state index in [1.54, 1.807) is 11.3 Å². The van der Waals surface area contributed by atoms with Gasteiger partial charge in [-0.1, -0.05) is 6.92 Å². The summed E-state index contributed by atoms with van der Waals surface area (Å²) in [7, 11) is 0. The van der Waals surface area contributed by atoms with Crippen LogP contribution in [0.1, 0.15) is 31.7 Å². The van der Waals surface area contributed by atoms with Crippen molar-refractivity contribution in [2.24, 2.45) is 0 Å². The van der Waals surface area contributed by atoms with Crippen molar-refractivity contribution in [3.05, 3.63) is 34.3 Å². The Labute approximate surface area is 124 Å². The second-order valence-corrected chi connectivity index (χ2v) is 5.42. The maximum Gasteiger partial charge on any atom is 0.133 e. The quantitative estimate of drug-likeness (QED) is 0.780. The smallest absolute Gasteiger partial charge is 0.133 e. The van der Waals surface area contributed by atoms with E-state index in [4.69, 9.17) is 0 Å². The van der Waals surface area contributed by atoms with Gasteiger partial charge in [0.25, 0.3) is 0 Å². The summed E-state index contributed by atoms with van der Waals surface area (Å²) in [4.78, 5) is 9.07. The first-order chi connectivity index (χ1) is 9.81. The third kappa shape index (κ3) is 4.49. The van der Waals surface area contributed by atoms with E-state index in [1.807, 2.05) is 6.07 Å². The van der Waals surface area contributed by atoms with Crippen LogP contribution in [0.2, 0.25) is 0 Å². The second-order valence-electron chi connectivity index (χ2n) is 4.64. The van der Waals surface area contributed by atoms with Crippen molar-refractivity contribution in [2.75, 3.05) is 23.7 Å². The molecular formula is C15H22N4S. The predicted molar refractivity (Wildman–Crippen MR) is 86.7 cm³/mol. The molecule has 0 aliphatic rings. The molecule has 0 fully saturated rings. The predicted octanol–water partition coefficient (Wildman–Crippen LogP) is 3.58. The summed E-state index contributed by atoms with van der Waals surface area (Å²) in [6.45, 7) is 5.99. The summed E-state index contributed by atoms with van der Waals surface area (Å²) < 4.78 is 0. The van der Waals surface area contributed by atoms with E-state index in [2.05, 4.69) is 51.3 Å². The molecule has 0 saturated carbocycles. The van der Waals surface area contributed by atoms with Crippen molar-refractivity contribution in [1.29, 1.82) is 0 Å². The van der Waals surface area contributed by atoms with Gasteiger partial charge in [-0.2, -0.15) is 11.3 Å². The number of rotatable bonds is 8. The highest BCUT2D eigenvalue weighted by atomic mass is 32.1. The molecule has 0 unspecified atom stereocenters. The summed E-state index contributed by atoms with van der Waals surface area (Å²) in [5, 5.41) is 11.0. The molecule has 0 spiro atoms. The number of hydrogen-bond acceptors (Lipinski definition) is 5. The number of hydrogen-bond donors (Lipinski definition) is 2. The van der Waals surface area contributed by atoms with Crippen LogP contribution in [0.25, 0.3) is 0 Å². The summed E-state index contributed by atoms with van der Waals surface area (Å²) in [6.07, 6.45) is 3.00. The average molecular weight is 290 g/mol. The van der Waals surface area contributed by atoms with Gasteiger partial charge in [-0.25, -0.2) is 9.97 Å². The van der Waals surface area contributed by atoms with Crippen molar-refractivity contribution in [3.63, 3.8) is 0 Å². The Balaban J connectivity index is 1.97. The molecule has 0 bridgehead atoms. The third-order valence-corrected chi connectivity index (χ3v) is 3.64. The Hall–Kier alpha value is -1.62. The molecule has 108 valence electrons.